The molecular weight excluding hydrogens is 162 g/mol. The molecule has 1 fully saturated rings. The van der Waals surface area contributed by atoms with Gasteiger partial charge >= 0.3 is 0 Å². The van der Waals surface area contributed by atoms with Crippen LogP contribution >= 0.6 is 0 Å². The summed E-state index contributed by atoms with van der Waals surface area (Å²) in [4.78, 5) is 0.0574. The summed E-state index contributed by atoms with van der Waals surface area (Å²) in [6, 6.07) is 0. The molecule has 70 valence electrons. The van der Waals surface area contributed by atoms with Crippen LogP contribution in [0.25, 0.3) is 0 Å². The number of hydrogen-bond acceptors (Lipinski definition) is 4. The fraction of sp³-hybridized carbons (Fsp3) is 1.00. The molecule has 6 heteroatoms. The highest BCUT2D eigenvalue weighted by atomic mass is 16.6. The SMILES string of the molecule is [O-]/N=[N+](/[O-])N1CCCC(CO)C1. The Morgan fingerprint density at radius 1 is 1.67 bits per heavy atom. The summed E-state index contributed by atoms with van der Waals surface area (Å²) in [6.45, 7) is 1.03. The number of nitrogens with zero attached hydrogens (tertiary/aromatic N) is 3. The Hall–Kier alpha value is -1.04. The molecule has 1 rings (SSSR count). The van der Waals surface area contributed by atoms with Crippen molar-refractivity contribution in [2.45, 2.75) is 12.8 Å². The largest absolute Gasteiger partial charge is 0.737 e. The van der Waals surface area contributed by atoms with Gasteiger partial charge in [0.05, 0.1) is 13.1 Å². The molecular formula is C6H12N3O3-. The third-order valence-corrected chi connectivity index (χ3v) is 2.07. The first-order valence-electron chi connectivity index (χ1n) is 3.94. The summed E-state index contributed by atoms with van der Waals surface area (Å²) in [5, 5.41) is 32.9. The van der Waals surface area contributed by atoms with Gasteiger partial charge in [-0.3, -0.25) is 0 Å². The van der Waals surface area contributed by atoms with Crippen molar-refractivity contribution in [1.82, 2.24) is 5.01 Å². The van der Waals surface area contributed by atoms with E-state index in [4.69, 9.17) is 5.11 Å². The number of hydrogen-bond donors (Lipinski definition) is 1. The van der Waals surface area contributed by atoms with E-state index in [0.717, 1.165) is 12.8 Å². The number of rotatable bonds is 2. The highest BCUT2D eigenvalue weighted by Gasteiger charge is 2.23. The molecule has 6 nitrogen and oxygen atoms in total. The average Bonchev–Trinajstić information content (AvgIpc) is 2.17. The quantitative estimate of drug-likeness (QED) is 0.364. The van der Waals surface area contributed by atoms with Crippen molar-refractivity contribution >= 4 is 0 Å². The van der Waals surface area contributed by atoms with E-state index in [1.54, 1.807) is 0 Å². The number of hydrazine groups is 1. The third kappa shape index (κ3) is 1.97. The lowest BCUT2D eigenvalue weighted by Crippen LogP contribution is -2.40. The van der Waals surface area contributed by atoms with Gasteiger partial charge in [0.25, 0.3) is 0 Å². The van der Waals surface area contributed by atoms with E-state index >= 15 is 0 Å². The molecule has 1 heterocycles. The lowest BCUT2D eigenvalue weighted by molar-refractivity contribution is -0.693. The Balaban J connectivity index is 2.45. The average molecular weight is 174 g/mol. The summed E-state index contributed by atoms with van der Waals surface area (Å²) >= 11 is 0. The van der Waals surface area contributed by atoms with Gasteiger partial charge in [-0.25, -0.2) is 0 Å². The normalized spacial score (nSPS) is 25.9. The fourth-order valence-electron chi connectivity index (χ4n) is 1.40. The van der Waals surface area contributed by atoms with E-state index in [9.17, 15) is 10.4 Å². The minimum absolute atomic E-state index is 0.0574. The van der Waals surface area contributed by atoms with Gasteiger partial charge in [-0.1, -0.05) is 0 Å². The third-order valence-electron chi connectivity index (χ3n) is 2.07. The zero-order valence-electron chi connectivity index (χ0n) is 6.72. The van der Waals surface area contributed by atoms with Crippen LogP contribution in [-0.4, -0.2) is 34.8 Å². The van der Waals surface area contributed by atoms with Gasteiger partial charge in [-0.2, -0.15) is 0 Å². The molecule has 0 aromatic carbocycles. The zero-order chi connectivity index (χ0) is 8.97. The first-order chi connectivity index (χ1) is 5.77. The summed E-state index contributed by atoms with van der Waals surface area (Å²) in [7, 11) is 0. The molecule has 0 bridgehead atoms. The lowest BCUT2D eigenvalue weighted by Gasteiger charge is -2.28. The number of piperidine rings is 1. The van der Waals surface area contributed by atoms with Gasteiger partial charge in [-0.05, 0) is 18.1 Å². The van der Waals surface area contributed by atoms with Crippen molar-refractivity contribution in [2.24, 2.45) is 11.2 Å². The molecule has 0 saturated carbocycles. The molecule has 1 atom stereocenters. The van der Waals surface area contributed by atoms with Crippen molar-refractivity contribution in [3.63, 3.8) is 0 Å². The summed E-state index contributed by atoms with van der Waals surface area (Å²) in [5.41, 5.74) is 0. The maximum Gasteiger partial charge on any atom is 0.0817 e. The van der Waals surface area contributed by atoms with E-state index in [1.165, 1.54) is 5.01 Å². The van der Waals surface area contributed by atoms with Crippen molar-refractivity contribution < 1.29 is 10.1 Å². The van der Waals surface area contributed by atoms with E-state index in [1.807, 2.05) is 0 Å². The van der Waals surface area contributed by atoms with Crippen LogP contribution in [0, 0.1) is 16.3 Å². The second-order valence-electron chi connectivity index (χ2n) is 2.94. The van der Waals surface area contributed by atoms with E-state index in [-0.39, 0.29) is 17.5 Å². The molecule has 0 spiro atoms. The highest BCUT2D eigenvalue weighted by molar-refractivity contribution is 4.66. The van der Waals surface area contributed by atoms with Crippen molar-refractivity contribution in [2.75, 3.05) is 19.7 Å². The molecule has 1 aliphatic heterocycles. The molecule has 0 amide bonds. The van der Waals surface area contributed by atoms with Crippen LogP contribution in [0.5, 0.6) is 0 Å². The molecule has 1 N–H and O–H groups in total. The maximum atomic E-state index is 10.7. The van der Waals surface area contributed by atoms with E-state index < -0.39 is 0 Å². The summed E-state index contributed by atoms with van der Waals surface area (Å²) < 4.78 is 0. The van der Waals surface area contributed by atoms with Gasteiger partial charge in [0.1, 0.15) is 0 Å². The minimum atomic E-state index is 0.0574. The second kappa shape index (κ2) is 4.10. The first kappa shape index (κ1) is 9.05. The smallest absolute Gasteiger partial charge is 0.0817 e. The Bertz CT molecular complexity index is 173. The van der Waals surface area contributed by atoms with Crippen LogP contribution in [0.1, 0.15) is 12.8 Å². The van der Waals surface area contributed by atoms with Crippen LogP contribution in [0.3, 0.4) is 0 Å². The predicted molar refractivity (Wildman–Crippen MR) is 40.8 cm³/mol. The van der Waals surface area contributed by atoms with Crippen molar-refractivity contribution in [3.8, 4) is 0 Å². The van der Waals surface area contributed by atoms with Gasteiger partial charge in [0.15, 0.2) is 0 Å². The maximum absolute atomic E-state index is 10.7. The van der Waals surface area contributed by atoms with E-state index in [0.29, 0.717) is 13.1 Å². The molecule has 1 aliphatic rings. The Kier molecular flexibility index (Phi) is 3.09. The molecule has 1 saturated heterocycles. The molecule has 0 aromatic heterocycles. The van der Waals surface area contributed by atoms with Gasteiger partial charge < -0.3 is 15.5 Å². The molecule has 0 radical (unpaired) electrons. The Morgan fingerprint density at radius 2 is 2.42 bits per heavy atom. The summed E-state index contributed by atoms with van der Waals surface area (Å²) in [5.74, 6) is 0.0944. The Labute approximate surface area is 70.2 Å². The standard InChI is InChI=1S/C6H13N3O3/c10-5-6-2-1-3-8(4-6)9(12)7-11/h6,10-11H,1-5H2/p-1/b9-7+. The van der Waals surface area contributed by atoms with Crippen LogP contribution in [0.4, 0.5) is 0 Å². The summed E-state index contributed by atoms with van der Waals surface area (Å²) in [6.07, 6.45) is 1.72. The van der Waals surface area contributed by atoms with Gasteiger partial charge in [-0.15, -0.1) is 5.01 Å². The second-order valence-corrected chi connectivity index (χ2v) is 2.94. The molecule has 12 heavy (non-hydrogen) atoms. The number of aliphatic hydroxyl groups excluding tert-OH is 1. The van der Waals surface area contributed by atoms with Gasteiger partial charge in [0, 0.05) is 17.5 Å². The topological polar surface area (TPSA) is 85.0 Å². The number of aliphatic hydroxyl groups is 1. The first-order valence-corrected chi connectivity index (χ1v) is 3.94. The molecule has 1 unspecified atom stereocenters. The monoisotopic (exact) mass is 174 g/mol. The lowest BCUT2D eigenvalue weighted by atomic mass is 10.0. The van der Waals surface area contributed by atoms with Crippen LogP contribution in [-0.2, 0) is 0 Å². The van der Waals surface area contributed by atoms with Gasteiger partial charge in [0.2, 0.25) is 0 Å². The fourth-order valence-corrected chi connectivity index (χ4v) is 1.40. The molecule has 0 aliphatic carbocycles. The minimum Gasteiger partial charge on any atom is -0.737 e. The van der Waals surface area contributed by atoms with E-state index in [2.05, 4.69) is 5.28 Å². The van der Waals surface area contributed by atoms with Crippen LogP contribution in [0.15, 0.2) is 5.28 Å². The predicted octanol–water partition coefficient (Wildman–Crippen LogP) is 0.0660. The van der Waals surface area contributed by atoms with Crippen LogP contribution < -0.4 is 0 Å². The highest BCUT2D eigenvalue weighted by Crippen LogP contribution is 2.15. The molecule has 0 aromatic rings. The zero-order valence-corrected chi connectivity index (χ0v) is 6.72. The van der Waals surface area contributed by atoms with Crippen molar-refractivity contribution in [3.05, 3.63) is 10.4 Å². The van der Waals surface area contributed by atoms with Crippen LogP contribution in [0.2, 0.25) is 0 Å². The van der Waals surface area contributed by atoms with Crippen molar-refractivity contribution in [1.29, 1.82) is 0 Å². The Morgan fingerprint density at radius 3 is 3.00 bits per heavy atom.